The second-order valence-electron chi connectivity index (χ2n) is 9.83. The summed E-state index contributed by atoms with van der Waals surface area (Å²) < 4.78 is 14.9. The van der Waals surface area contributed by atoms with E-state index < -0.39 is 5.91 Å². The molecule has 12 heteroatoms. The number of imidazole rings is 1. The Morgan fingerprint density at radius 3 is 2.79 bits per heavy atom. The number of benzene rings is 1. The minimum atomic E-state index is -0.459. The molecule has 1 aromatic carbocycles. The van der Waals surface area contributed by atoms with E-state index in [0.29, 0.717) is 54.3 Å². The number of carbonyl (C=O) groups excluding carboxylic acids is 1. The van der Waals surface area contributed by atoms with Crippen LogP contribution in [0.15, 0.2) is 30.5 Å². The van der Waals surface area contributed by atoms with E-state index in [4.69, 9.17) is 5.73 Å². The molecule has 0 radical (unpaired) electrons. The minimum absolute atomic E-state index is 0.110. The molecule has 6 N–H and O–H groups in total. The lowest BCUT2D eigenvalue weighted by Crippen LogP contribution is -2.50. The number of piperidine rings is 1. The lowest BCUT2D eigenvalue weighted by molar-refractivity contribution is 0.101. The van der Waals surface area contributed by atoms with Crippen molar-refractivity contribution >= 4 is 29.0 Å². The first-order chi connectivity index (χ1) is 18.5. The Labute approximate surface area is 221 Å². The van der Waals surface area contributed by atoms with Crippen LogP contribution in [0.4, 0.5) is 27.5 Å². The Hall–Kier alpha value is -3.77. The second kappa shape index (κ2) is 11.3. The molecule has 11 nitrogen and oxygen atoms in total. The number of anilines is 4. The number of H-pyrrole nitrogens is 1. The summed E-state index contributed by atoms with van der Waals surface area (Å²) in [6.45, 7) is 6.73. The molecule has 0 bridgehead atoms. The number of nitrogens with one attached hydrogen (secondary N) is 4. The van der Waals surface area contributed by atoms with Gasteiger partial charge in [-0.25, -0.2) is 14.4 Å². The number of piperazine rings is 1. The van der Waals surface area contributed by atoms with E-state index in [1.54, 1.807) is 25.4 Å². The Bertz CT molecular complexity index is 1270. The highest BCUT2D eigenvalue weighted by molar-refractivity contribution is 6.04. The zero-order chi connectivity index (χ0) is 26.6. The Balaban J connectivity index is 1.36. The van der Waals surface area contributed by atoms with Gasteiger partial charge in [-0.05, 0) is 44.4 Å². The summed E-state index contributed by atoms with van der Waals surface area (Å²) in [4.78, 5) is 33.9. The van der Waals surface area contributed by atoms with Crippen molar-refractivity contribution in [1.82, 2.24) is 25.3 Å². The van der Waals surface area contributed by atoms with Crippen molar-refractivity contribution in [2.45, 2.75) is 25.8 Å². The molecule has 1 amide bonds. The average Bonchev–Trinajstić information content (AvgIpc) is 3.44. The van der Waals surface area contributed by atoms with Gasteiger partial charge in [0.05, 0.1) is 29.0 Å². The monoisotopic (exact) mass is 522 g/mol. The summed E-state index contributed by atoms with van der Waals surface area (Å²) in [5.41, 5.74) is 7.82. The molecule has 38 heavy (non-hydrogen) atoms. The highest BCUT2D eigenvalue weighted by atomic mass is 19.1. The molecule has 2 aromatic heterocycles. The van der Waals surface area contributed by atoms with Gasteiger partial charge in [0.2, 0.25) is 5.95 Å². The van der Waals surface area contributed by atoms with Crippen molar-refractivity contribution in [1.29, 1.82) is 0 Å². The summed E-state index contributed by atoms with van der Waals surface area (Å²) in [5.74, 6) is 1.00. The molecular formula is C26H35FN10O. The average molecular weight is 523 g/mol. The fraction of sp³-hybridized carbons (Fsp3) is 0.462. The lowest BCUT2D eigenvalue weighted by atomic mass is 9.96. The molecule has 5 rings (SSSR count). The van der Waals surface area contributed by atoms with E-state index in [1.807, 2.05) is 11.0 Å². The van der Waals surface area contributed by atoms with Gasteiger partial charge >= 0.3 is 0 Å². The number of hydrogen-bond acceptors (Lipinski definition) is 9. The SMILES string of the molecule is CNc1nc(-c2cnc(C(=O)Nc3cccc(F)c3N3CCC(CN)CC3)[nH]2)cc(N2CCNC[C@H]2C)n1. The fourth-order valence-electron chi connectivity index (χ4n) is 5.09. The summed E-state index contributed by atoms with van der Waals surface area (Å²) >= 11 is 0. The van der Waals surface area contributed by atoms with Gasteiger partial charge in [-0.1, -0.05) is 6.07 Å². The van der Waals surface area contributed by atoms with Crippen LogP contribution in [0.25, 0.3) is 11.4 Å². The third-order valence-corrected chi connectivity index (χ3v) is 7.30. The van der Waals surface area contributed by atoms with Gasteiger partial charge in [-0.15, -0.1) is 0 Å². The van der Waals surface area contributed by atoms with Crippen molar-refractivity contribution in [2.24, 2.45) is 11.7 Å². The molecule has 0 saturated carbocycles. The van der Waals surface area contributed by atoms with Gasteiger partial charge in [0, 0.05) is 51.9 Å². The topological polar surface area (TPSA) is 140 Å². The molecule has 2 saturated heterocycles. The van der Waals surface area contributed by atoms with E-state index in [-0.39, 0.29) is 17.7 Å². The Kier molecular flexibility index (Phi) is 7.70. The second-order valence-corrected chi connectivity index (χ2v) is 9.83. The number of carbonyl (C=O) groups is 1. The molecule has 4 heterocycles. The van der Waals surface area contributed by atoms with Crippen LogP contribution in [0, 0.1) is 11.7 Å². The highest BCUT2D eigenvalue weighted by Gasteiger charge is 2.25. The number of aromatic amines is 1. The first-order valence-electron chi connectivity index (χ1n) is 13.1. The zero-order valence-corrected chi connectivity index (χ0v) is 21.8. The van der Waals surface area contributed by atoms with Gasteiger partial charge in [0.1, 0.15) is 11.6 Å². The van der Waals surface area contributed by atoms with Crippen LogP contribution in [-0.2, 0) is 0 Å². The molecular weight excluding hydrogens is 487 g/mol. The van der Waals surface area contributed by atoms with E-state index in [0.717, 1.165) is 38.3 Å². The summed E-state index contributed by atoms with van der Waals surface area (Å²) in [5, 5.41) is 9.25. The summed E-state index contributed by atoms with van der Waals surface area (Å²) in [6.07, 6.45) is 3.36. The van der Waals surface area contributed by atoms with Gasteiger partial charge in [0.15, 0.2) is 5.82 Å². The van der Waals surface area contributed by atoms with Crippen LogP contribution >= 0.6 is 0 Å². The van der Waals surface area contributed by atoms with E-state index in [1.165, 1.54) is 6.07 Å². The normalized spacial score (nSPS) is 18.5. The van der Waals surface area contributed by atoms with Gasteiger partial charge in [-0.2, -0.15) is 4.98 Å². The standard InChI is InChI=1S/C26H35FN10O/c1-16-14-30-8-11-37(16)22-12-20(34-26(29-2)35-22)21-15-31-24(32-21)25(38)33-19-5-3-4-18(27)23(19)36-9-6-17(13-28)7-10-36/h3-5,12,15-17,30H,6-11,13-14,28H2,1-2H3,(H,31,32)(H,33,38)(H,29,34,35)/t16-/m1/s1. The summed E-state index contributed by atoms with van der Waals surface area (Å²) in [6, 6.07) is 6.89. The van der Waals surface area contributed by atoms with Gasteiger partial charge < -0.3 is 36.5 Å². The zero-order valence-electron chi connectivity index (χ0n) is 21.8. The number of amides is 1. The molecule has 2 aliphatic rings. The van der Waals surface area contributed by atoms with Crippen molar-refractivity contribution in [3.8, 4) is 11.4 Å². The van der Waals surface area contributed by atoms with Crippen LogP contribution < -0.4 is 31.5 Å². The van der Waals surface area contributed by atoms with E-state index in [2.05, 4.69) is 47.7 Å². The number of nitrogens with two attached hydrogens (primary N) is 1. The molecule has 3 aromatic rings. The molecule has 0 spiro atoms. The number of halogens is 1. The van der Waals surface area contributed by atoms with E-state index in [9.17, 15) is 9.18 Å². The smallest absolute Gasteiger partial charge is 0.291 e. The maximum atomic E-state index is 14.9. The lowest BCUT2D eigenvalue weighted by Gasteiger charge is -2.35. The fourth-order valence-corrected chi connectivity index (χ4v) is 5.09. The van der Waals surface area contributed by atoms with Crippen molar-refractivity contribution in [3.05, 3.63) is 42.1 Å². The van der Waals surface area contributed by atoms with Gasteiger partial charge in [-0.3, -0.25) is 4.79 Å². The first kappa shape index (κ1) is 25.9. The number of hydrogen-bond donors (Lipinski definition) is 5. The third-order valence-electron chi connectivity index (χ3n) is 7.30. The van der Waals surface area contributed by atoms with Gasteiger partial charge in [0.25, 0.3) is 5.91 Å². The number of para-hydroxylation sites is 1. The highest BCUT2D eigenvalue weighted by Crippen LogP contribution is 2.33. The van der Waals surface area contributed by atoms with Crippen LogP contribution in [0.5, 0.6) is 0 Å². The summed E-state index contributed by atoms with van der Waals surface area (Å²) in [7, 11) is 1.77. The minimum Gasteiger partial charge on any atom is -0.367 e. The van der Waals surface area contributed by atoms with Crippen molar-refractivity contribution in [2.75, 3.05) is 66.7 Å². The quantitative estimate of drug-likeness (QED) is 0.316. The predicted octanol–water partition coefficient (Wildman–Crippen LogP) is 2.27. The molecule has 2 fully saturated rings. The molecule has 2 aliphatic heterocycles. The molecule has 0 aliphatic carbocycles. The van der Waals surface area contributed by atoms with Crippen LogP contribution in [0.1, 0.15) is 30.4 Å². The van der Waals surface area contributed by atoms with Crippen molar-refractivity contribution < 1.29 is 9.18 Å². The molecule has 1 atom stereocenters. The van der Waals surface area contributed by atoms with Crippen molar-refractivity contribution in [3.63, 3.8) is 0 Å². The molecule has 202 valence electrons. The van der Waals surface area contributed by atoms with Crippen LogP contribution in [0.2, 0.25) is 0 Å². The van der Waals surface area contributed by atoms with Crippen LogP contribution in [0.3, 0.4) is 0 Å². The van der Waals surface area contributed by atoms with E-state index >= 15 is 0 Å². The van der Waals surface area contributed by atoms with Crippen LogP contribution in [-0.4, -0.2) is 78.2 Å². The maximum absolute atomic E-state index is 14.9. The molecule has 0 unspecified atom stereocenters. The third kappa shape index (κ3) is 5.41. The predicted molar refractivity (Wildman–Crippen MR) is 147 cm³/mol. The maximum Gasteiger partial charge on any atom is 0.291 e. The number of aromatic nitrogens is 4. The Morgan fingerprint density at radius 2 is 2.05 bits per heavy atom. The first-order valence-corrected chi connectivity index (χ1v) is 13.1. The largest absolute Gasteiger partial charge is 0.367 e. The number of nitrogens with zero attached hydrogens (tertiary/aromatic N) is 5. The Morgan fingerprint density at radius 1 is 1.24 bits per heavy atom. The number of rotatable bonds is 7.